The zero-order chi connectivity index (χ0) is 9.40. The first-order chi connectivity index (χ1) is 5.66. The van der Waals surface area contributed by atoms with E-state index >= 15 is 0 Å². The van der Waals surface area contributed by atoms with Crippen LogP contribution in [0.2, 0.25) is 0 Å². The maximum Gasteiger partial charge on any atom is 0.139 e. The van der Waals surface area contributed by atoms with Crippen molar-refractivity contribution in [3.05, 3.63) is 35.9 Å². The molecule has 0 spiro atoms. The molecule has 0 saturated heterocycles. The molecule has 0 radical (unpaired) electrons. The van der Waals surface area contributed by atoms with Crippen LogP contribution in [-0.4, -0.2) is 11.5 Å². The highest BCUT2D eigenvalue weighted by molar-refractivity contribution is 7.81. The molecule has 0 aliphatic heterocycles. The van der Waals surface area contributed by atoms with E-state index in [-0.39, 0.29) is 5.78 Å². The van der Waals surface area contributed by atoms with Gasteiger partial charge < -0.3 is 0 Å². The SMILES string of the molecule is CC(=O)CS.Cc1ccccc1. The van der Waals surface area contributed by atoms with Gasteiger partial charge in [-0.15, -0.1) is 0 Å². The largest absolute Gasteiger partial charge is 0.299 e. The van der Waals surface area contributed by atoms with Crippen molar-refractivity contribution in [1.29, 1.82) is 0 Å². The first-order valence-corrected chi connectivity index (χ1v) is 4.42. The van der Waals surface area contributed by atoms with Crippen molar-refractivity contribution < 1.29 is 4.79 Å². The van der Waals surface area contributed by atoms with Crippen LogP contribution in [0.5, 0.6) is 0 Å². The Hall–Kier alpha value is -0.760. The van der Waals surface area contributed by atoms with Crippen molar-refractivity contribution in [3.8, 4) is 0 Å². The molecule has 1 rings (SSSR count). The quantitative estimate of drug-likeness (QED) is 0.660. The van der Waals surface area contributed by atoms with Gasteiger partial charge in [-0.25, -0.2) is 0 Å². The lowest BCUT2D eigenvalue weighted by atomic mass is 10.2. The summed E-state index contributed by atoms with van der Waals surface area (Å²) in [6.45, 7) is 3.59. The minimum Gasteiger partial charge on any atom is -0.299 e. The molecule has 0 aromatic heterocycles. The maximum atomic E-state index is 9.74. The highest BCUT2D eigenvalue weighted by atomic mass is 32.1. The molecule has 0 unspecified atom stereocenters. The van der Waals surface area contributed by atoms with Crippen molar-refractivity contribution in [3.63, 3.8) is 0 Å². The van der Waals surface area contributed by atoms with Crippen molar-refractivity contribution in [1.82, 2.24) is 0 Å². The fourth-order valence-electron chi connectivity index (χ4n) is 0.534. The van der Waals surface area contributed by atoms with Gasteiger partial charge in [-0.2, -0.15) is 12.6 Å². The molecular weight excluding hydrogens is 168 g/mol. The van der Waals surface area contributed by atoms with Crippen LogP contribution < -0.4 is 0 Å². The Labute approximate surface area is 79.2 Å². The van der Waals surface area contributed by atoms with Crippen molar-refractivity contribution in [2.45, 2.75) is 13.8 Å². The highest BCUT2D eigenvalue weighted by Crippen LogP contribution is 1.92. The zero-order valence-corrected chi connectivity index (χ0v) is 8.34. The van der Waals surface area contributed by atoms with Crippen LogP contribution in [0, 0.1) is 6.92 Å². The summed E-state index contributed by atoms with van der Waals surface area (Å²) in [6.07, 6.45) is 0. The number of hydrogen-bond acceptors (Lipinski definition) is 2. The summed E-state index contributed by atoms with van der Waals surface area (Å²) in [5.41, 5.74) is 1.32. The molecular formula is C10H14OS. The molecule has 0 heterocycles. The molecule has 2 heteroatoms. The predicted octanol–water partition coefficient (Wildman–Crippen LogP) is 2.50. The minimum absolute atomic E-state index is 0.119. The molecule has 0 saturated carbocycles. The van der Waals surface area contributed by atoms with Gasteiger partial charge in [0.25, 0.3) is 0 Å². The number of aryl methyl sites for hydroxylation is 1. The number of carbonyl (C=O) groups excluding carboxylic acids is 1. The second-order valence-electron chi connectivity index (χ2n) is 2.51. The molecule has 1 nitrogen and oxygen atoms in total. The molecule has 0 atom stereocenters. The number of benzene rings is 1. The summed E-state index contributed by atoms with van der Waals surface area (Å²) in [4.78, 5) is 9.74. The third kappa shape index (κ3) is 7.35. The van der Waals surface area contributed by atoms with Crippen LogP contribution in [0.1, 0.15) is 12.5 Å². The van der Waals surface area contributed by atoms with Gasteiger partial charge in [0.05, 0.1) is 0 Å². The average Bonchev–Trinajstić information content (AvgIpc) is 2.07. The molecule has 0 fully saturated rings. The smallest absolute Gasteiger partial charge is 0.139 e. The summed E-state index contributed by atoms with van der Waals surface area (Å²) >= 11 is 3.67. The Balaban J connectivity index is 0.000000217. The Morgan fingerprint density at radius 2 is 1.75 bits per heavy atom. The van der Waals surface area contributed by atoms with Crippen molar-refractivity contribution in [2.75, 3.05) is 5.75 Å². The lowest BCUT2D eigenvalue weighted by Gasteiger charge is -1.82. The van der Waals surface area contributed by atoms with Crippen molar-refractivity contribution >= 4 is 18.4 Å². The van der Waals surface area contributed by atoms with Gasteiger partial charge in [0.15, 0.2) is 0 Å². The second-order valence-corrected chi connectivity index (χ2v) is 2.83. The monoisotopic (exact) mass is 182 g/mol. The van der Waals surface area contributed by atoms with E-state index in [4.69, 9.17) is 0 Å². The van der Waals surface area contributed by atoms with Crippen LogP contribution in [0.15, 0.2) is 30.3 Å². The van der Waals surface area contributed by atoms with Crippen LogP contribution in [0.25, 0.3) is 0 Å². The molecule has 0 aliphatic rings. The standard InChI is InChI=1S/C7H8.C3H6OS/c1-7-5-3-2-4-6-7;1-3(4)2-5/h2-6H,1H3;5H,2H2,1H3. The van der Waals surface area contributed by atoms with Crippen LogP contribution in [0.4, 0.5) is 0 Å². The van der Waals surface area contributed by atoms with Gasteiger partial charge in [0, 0.05) is 5.75 Å². The summed E-state index contributed by atoms with van der Waals surface area (Å²) in [5.74, 6) is 0.480. The summed E-state index contributed by atoms with van der Waals surface area (Å²) in [7, 11) is 0. The Morgan fingerprint density at radius 1 is 1.33 bits per heavy atom. The van der Waals surface area contributed by atoms with Gasteiger partial charge in [0.2, 0.25) is 0 Å². The van der Waals surface area contributed by atoms with Gasteiger partial charge in [0.1, 0.15) is 5.78 Å². The molecule has 0 N–H and O–H groups in total. The third-order valence-corrected chi connectivity index (χ3v) is 1.61. The maximum absolute atomic E-state index is 9.74. The molecule has 1 aromatic rings. The molecule has 0 aliphatic carbocycles. The lowest BCUT2D eigenvalue weighted by Crippen LogP contribution is -1.86. The molecule has 0 bridgehead atoms. The third-order valence-electron chi connectivity index (χ3n) is 1.16. The van der Waals surface area contributed by atoms with E-state index in [1.165, 1.54) is 12.5 Å². The van der Waals surface area contributed by atoms with Gasteiger partial charge >= 0.3 is 0 Å². The summed E-state index contributed by atoms with van der Waals surface area (Å²) in [5, 5.41) is 0. The van der Waals surface area contributed by atoms with Gasteiger partial charge in [-0.05, 0) is 13.8 Å². The average molecular weight is 182 g/mol. The first kappa shape index (κ1) is 11.2. The number of carbonyl (C=O) groups is 1. The fourth-order valence-corrected chi connectivity index (χ4v) is 0.534. The van der Waals surface area contributed by atoms with Crippen LogP contribution >= 0.6 is 12.6 Å². The Kier molecular flexibility index (Phi) is 6.48. The van der Waals surface area contributed by atoms with E-state index < -0.39 is 0 Å². The number of ketones is 1. The topological polar surface area (TPSA) is 17.1 Å². The fraction of sp³-hybridized carbons (Fsp3) is 0.300. The van der Waals surface area contributed by atoms with Crippen molar-refractivity contribution in [2.24, 2.45) is 0 Å². The van der Waals surface area contributed by atoms with E-state index in [9.17, 15) is 4.79 Å². The number of rotatable bonds is 1. The van der Waals surface area contributed by atoms with E-state index in [1.54, 1.807) is 0 Å². The van der Waals surface area contributed by atoms with E-state index in [0.29, 0.717) is 5.75 Å². The Bertz CT molecular complexity index is 219. The van der Waals surface area contributed by atoms with E-state index in [1.807, 2.05) is 18.2 Å². The predicted molar refractivity (Wildman–Crippen MR) is 55.7 cm³/mol. The molecule has 1 aromatic carbocycles. The van der Waals surface area contributed by atoms with Gasteiger partial charge in [-0.1, -0.05) is 35.9 Å². The summed E-state index contributed by atoms with van der Waals surface area (Å²) < 4.78 is 0. The van der Waals surface area contributed by atoms with Crippen LogP contribution in [-0.2, 0) is 4.79 Å². The number of thiol groups is 1. The first-order valence-electron chi connectivity index (χ1n) is 3.78. The zero-order valence-electron chi connectivity index (χ0n) is 7.45. The lowest BCUT2D eigenvalue weighted by molar-refractivity contribution is -0.114. The van der Waals surface area contributed by atoms with Gasteiger partial charge in [-0.3, -0.25) is 4.79 Å². The van der Waals surface area contributed by atoms with E-state index in [0.717, 1.165) is 0 Å². The minimum atomic E-state index is 0.119. The van der Waals surface area contributed by atoms with E-state index in [2.05, 4.69) is 31.7 Å². The second kappa shape index (κ2) is 6.92. The van der Waals surface area contributed by atoms with Crippen LogP contribution in [0.3, 0.4) is 0 Å². The molecule has 12 heavy (non-hydrogen) atoms. The normalized spacial score (nSPS) is 8.25. The number of Topliss-reactive ketones (excluding diaryl/α,β-unsaturated/α-hetero) is 1. The Morgan fingerprint density at radius 3 is 1.92 bits per heavy atom. The highest BCUT2D eigenvalue weighted by Gasteiger charge is 1.77. The summed E-state index contributed by atoms with van der Waals surface area (Å²) in [6, 6.07) is 10.3. The number of hydrogen-bond donors (Lipinski definition) is 1. The molecule has 0 amide bonds. The molecule has 66 valence electrons.